The molecule has 4 heterocycles. The van der Waals surface area contributed by atoms with Crippen molar-refractivity contribution in [3.05, 3.63) is 41.1 Å². The summed E-state index contributed by atoms with van der Waals surface area (Å²) in [6.45, 7) is -0.342. The van der Waals surface area contributed by atoms with Gasteiger partial charge >= 0.3 is 6.03 Å². The number of hydrogen-bond donors (Lipinski definition) is 2. The zero-order chi connectivity index (χ0) is 34.8. The molecule has 48 heavy (non-hydrogen) atoms. The molecule has 2 aliphatic carbocycles. The van der Waals surface area contributed by atoms with Gasteiger partial charge in [0.1, 0.15) is 0 Å². The predicted octanol–water partition coefficient (Wildman–Crippen LogP) is 2.21. The molecule has 3 aromatic heterocycles. The van der Waals surface area contributed by atoms with E-state index in [0.29, 0.717) is 17.7 Å². The molecule has 6 rings (SSSR count). The van der Waals surface area contributed by atoms with E-state index in [1.165, 1.54) is 23.0 Å². The molecular formula is C26H24B4F6N8O4. The van der Waals surface area contributed by atoms with Crippen LogP contribution in [-0.4, -0.2) is 108 Å². The molecule has 3 amide bonds. The largest absolute Gasteiger partial charge is 0.376 e. The van der Waals surface area contributed by atoms with Gasteiger partial charge in [0.25, 0.3) is 18.3 Å². The normalized spacial score (nSPS) is 23.1. The number of hydrogen-bond acceptors (Lipinski definition) is 8. The lowest BCUT2D eigenvalue weighted by Crippen LogP contribution is -2.83. The van der Waals surface area contributed by atoms with Crippen LogP contribution in [0.2, 0.25) is 0 Å². The zero-order valence-corrected chi connectivity index (χ0v) is 25.0. The third-order valence-corrected chi connectivity index (χ3v) is 8.80. The predicted molar refractivity (Wildman–Crippen MR) is 155 cm³/mol. The number of amides is 3. The van der Waals surface area contributed by atoms with Gasteiger partial charge in [0.15, 0.2) is 11.3 Å². The Labute approximate surface area is 274 Å². The third-order valence-electron chi connectivity index (χ3n) is 8.80. The van der Waals surface area contributed by atoms with Crippen molar-refractivity contribution in [2.45, 2.75) is 85.7 Å². The van der Waals surface area contributed by atoms with Gasteiger partial charge in [-0.1, -0.05) is 0 Å². The molecule has 0 spiro atoms. The van der Waals surface area contributed by atoms with E-state index in [1.54, 1.807) is 0 Å². The molecule has 2 N–H and O–H groups in total. The molecule has 0 aromatic carbocycles. The maximum atomic E-state index is 15.3. The molecule has 0 bridgehead atoms. The van der Waals surface area contributed by atoms with Crippen molar-refractivity contribution in [2.24, 2.45) is 5.92 Å². The van der Waals surface area contributed by atoms with Gasteiger partial charge in [-0.15, -0.1) is 0 Å². The molecule has 2 atom stereocenters. The molecule has 12 nitrogen and oxygen atoms in total. The third kappa shape index (κ3) is 6.15. The molecule has 8 radical (unpaired) electrons. The van der Waals surface area contributed by atoms with Crippen LogP contribution in [0.1, 0.15) is 84.5 Å². The Balaban J connectivity index is 1.36. The van der Waals surface area contributed by atoms with Crippen molar-refractivity contribution < 1.29 is 45.3 Å². The summed E-state index contributed by atoms with van der Waals surface area (Å²) in [7, 11) is 22.7. The standard InChI is InChI=1S/C26H24B4F6N8O4/c27-25(28)24(35,36)26(29,30)44(22(46)40-25)15(10-47-13-1-2-13)12-7-16-38-14(9-43(16)37-8-12)17(11-3-5-23(33,34)6-4-11)39-21(45)19-18(20(31)32)41-48-42-19/h7-9,11,13,15,17,20H,1-6,10H2,(H,39,45)(H,40,46). The van der Waals surface area contributed by atoms with Crippen LogP contribution in [0, 0.1) is 5.92 Å². The summed E-state index contributed by atoms with van der Waals surface area (Å²) in [5, 5.41) is 8.66. The van der Waals surface area contributed by atoms with E-state index in [0.717, 1.165) is 0 Å². The van der Waals surface area contributed by atoms with E-state index in [2.05, 4.69) is 30.3 Å². The minimum Gasteiger partial charge on any atom is -0.376 e. The van der Waals surface area contributed by atoms with Crippen molar-refractivity contribution in [3.63, 3.8) is 0 Å². The second-order valence-electron chi connectivity index (χ2n) is 12.3. The first-order chi connectivity index (χ1) is 22.4. The van der Waals surface area contributed by atoms with E-state index in [1.807, 2.05) is 5.32 Å². The maximum absolute atomic E-state index is 15.3. The fourth-order valence-corrected chi connectivity index (χ4v) is 5.92. The van der Waals surface area contributed by atoms with Crippen molar-refractivity contribution >= 4 is 49.0 Å². The maximum Gasteiger partial charge on any atom is 0.316 e. The summed E-state index contributed by atoms with van der Waals surface area (Å²) in [5.41, 5.74) is -1.53. The van der Waals surface area contributed by atoms with E-state index < -0.39 is 83.1 Å². The zero-order valence-electron chi connectivity index (χ0n) is 25.0. The van der Waals surface area contributed by atoms with Crippen LogP contribution >= 0.6 is 0 Å². The highest BCUT2D eigenvalue weighted by molar-refractivity contribution is 6.48. The van der Waals surface area contributed by atoms with E-state index >= 15 is 8.78 Å². The van der Waals surface area contributed by atoms with Crippen LogP contribution in [-0.2, 0) is 4.74 Å². The Morgan fingerprint density at radius 2 is 1.79 bits per heavy atom. The molecule has 2 unspecified atom stereocenters. The fourth-order valence-electron chi connectivity index (χ4n) is 5.92. The number of nitrogens with zero attached hydrogens (tertiary/aromatic N) is 6. The summed E-state index contributed by atoms with van der Waals surface area (Å²) >= 11 is 0. The molecule has 3 aliphatic rings. The van der Waals surface area contributed by atoms with Crippen LogP contribution < -0.4 is 10.6 Å². The summed E-state index contributed by atoms with van der Waals surface area (Å²) in [5.74, 6) is -8.92. The number of nitrogens with one attached hydrogen (secondary N) is 2. The molecule has 246 valence electrons. The molecule has 2 saturated carbocycles. The van der Waals surface area contributed by atoms with Crippen LogP contribution in [0.5, 0.6) is 0 Å². The van der Waals surface area contributed by atoms with Crippen LogP contribution in [0.4, 0.5) is 31.1 Å². The summed E-state index contributed by atoms with van der Waals surface area (Å²) in [6, 6.07) is -2.31. The number of urea groups is 1. The Hall–Kier alpha value is -3.70. The minimum absolute atomic E-state index is 0.0546. The highest BCUT2D eigenvalue weighted by atomic mass is 19.3. The number of aromatic nitrogens is 5. The lowest BCUT2D eigenvalue weighted by molar-refractivity contribution is -0.109. The number of carbonyl (C=O) groups excluding carboxylic acids is 2. The highest BCUT2D eigenvalue weighted by Gasteiger charge is 2.64. The first kappa shape index (κ1) is 34.2. The van der Waals surface area contributed by atoms with Crippen LogP contribution in [0.15, 0.2) is 23.1 Å². The van der Waals surface area contributed by atoms with Gasteiger partial charge in [-0.2, -0.15) is 5.10 Å². The monoisotopic (exact) mass is 670 g/mol. The quantitative estimate of drug-likeness (QED) is 0.248. The molecular weight excluding hydrogens is 646 g/mol. The van der Waals surface area contributed by atoms with Crippen molar-refractivity contribution in [1.29, 1.82) is 0 Å². The number of ether oxygens (including phenoxy) is 1. The fraction of sp³-hybridized carbons (Fsp3) is 0.615. The minimum atomic E-state index is -4.27. The van der Waals surface area contributed by atoms with E-state index in [-0.39, 0.29) is 42.5 Å². The average molecular weight is 670 g/mol. The number of alkyl halides is 6. The highest BCUT2D eigenvalue weighted by Crippen LogP contribution is 2.44. The number of halogens is 6. The summed E-state index contributed by atoms with van der Waals surface area (Å²) < 4.78 is 96.9. The first-order valence-electron chi connectivity index (χ1n) is 14.8. The number of fused-ring (bicyclic) bond motifs is 1. The summed E-state index contributed by atoms with van der Waals surface area (Å²) in [4.78, 5) is 31.2. The van der Waals surface area contributed by atoms with Gasteiger partial charge < -0.3 is 20.3 Å². The van der Waals surface area contributed by atoms with Gasteiger partial charge in [-0.05, 0) is 48.0 Å². The van der Waals surface area contributed by atoms with Crippen LogP contribution in [0.3, 0.4) is 0 Å². The molecule has 22 heteroatoms. The Morgan fingerprint density at radius 3 is 2.44 bits per heavy atom. The van der Waals surface area contributed by atoms with Crippen molar-refractivity contribution in [3.8, 4) is 0 Å². The first-order valence-corrected chi connectivity index (χ1v) is 14.8. The van der Waals surface area contributed by atoms with Gasteiger partial charge in [0.2, 0.25) is 11.6 Å². The number of carbonyl (C=O) groups is 2. The van der Waals surface area contributed by atoms with Crippen molar-refractivity contribution in [1.82, 2.24) is 40.4 Å². The van der Waals surface area contributed by atoms with Crippen LogP contribution in [0.25, 0.3) is 5.65 Å². The van der Waals surface area contributed by atoms with Gasteiger partial charge in [0, 0.05) is 29.1 Å². The van der Waals surface area contributed by atoms with E-state index in [4.69, 9.17) is 36.1 Å². The Morgan fingerprint density at radius 1 is 1.10 bits per heavy atom. The second-order valence-corrected chi connectivity index (χ2v) is 12.3. The van der Waals surface area contributed by atoms with Gasteiger partial charge in [-0.3, -0.25) is 4.79 Å². The molecule has 3 aromatic rings. The molecule has 3 fully saturated rings. The molecule has 1 saturated heterocycles. The van der Waals surface area contributed by atoms with E-state index in [9.17, 15) is 27.2 Å². The SMILES string of the molecule is [B]C1([B])NC(=O)N(C(COC2CC2)c2cnn3cc(C(NC(=O)c4nonc4C(F)F)C4CCC(F)(F)CC4)nc3c2)C([B])([B])C1(F)F. The molecule has 1 aliphatic heterocycles. The Kier molecular flexibility index (Phi) is 8.55. The lowest BCUT2D eigenvalue weighted by Gasteiger charge is -2.58. The topological polar surface area (TPSA) is 140 Å². The second kappa shape index (κ2) is 12.0. The lowest BCUT2D eigenvalue weighted by atomic mass is 9.43. The number of rotatable bonds is 10. The Bertz CT molecular complexity index is 1700. The van der Waals surface area contributed by atoms with Gasteiger partial charge in [0.05, 0.1) is 74.3 Å². The smallest absolute Gasteiger partial charge is 0.316 e. The summed E-state index contributed by atoms with van der Waals surface area (Å²) in [6.07, 6.45) is -0.489. The van der Waals surface area contributed by atoms with Crippen molar-refractivity contribution in [2.75, 3.05) is 6.61 Å². The average Bonchev–Trinajstić information content (AvgIpc) is 3.51. The van der Waals surface area contributed by atoms with Gasteiger partial charge in [-0.25, -0.2) is 45.3 Å². The number of imidazole rings is 1.